The molecule has 1 spiro atoms. The fraction of sp³-hybridized carbons (Fsp3) is 0.588. The first-order valence-electron chi connectivity index (χ1n) is 7.87. The molecule has 1 amide bonds. The van der Waals surface area contributed by atoms with E-state index in [1.54, 1.807) is 7.11 Å². The normalized spacial score (nSPS) is 20.6. The van der Waals surface area contributed by atoms with E-state index in [2.05, 4.69) is 11.4 Å². The summed E-state index contributed by atoms with van der Waals surface area (Å²) < 4.78 is 5.27. The van der Waals surface area contributed by atoms with Crippen LogP contribution in [-0.4, -0.2) is 37.6 Å². The van der Waals surface area contributed by atoms with Crippen molar-refractivity contribution in [1.82, 2.24) is 10.2 Å². The Bertz CT molecular complexity index is 510. The summed E-state index contributed by atoms with van der Waals surface area (Å²) >= 11 is 0. The van der Waals surface area contributed by atoms with Gasteiger partial charge < -0.3 is 15.0 Å². The van der Waals surface area contributed by atoms with Crippen molar-refractivity contribution in [3.8, 4) is 5.75 Å². The lowest BCUT2D eigenvalue weighted by atomic mass is 9.72. The molecule has 1 aromatic carbocycles. The standard InChI is InChI=1S/C17H24N2O2.ClH/c1-21-15-5-2-4-14(12-15)13-19-11-3-6-17(16(19)20)7-9-18-10-8-17;/h2,4-5,12,18H,3,6-11,13H2,1H3;1H. The summed E-state index contributed by atoms with van der Waals surface area (Å²) in [7, 11) is 1.68. The Hall–Kier alpha value is -1.26. The Labute approximate surface area is 138 Å². The van der Waals surface area contributed by atoms with Gasteiger partial charge in [0.25, 0.3) is 0 Å². The van der Waals surface area contributed by atoms with Crippen LogP contribution in [0.4, 0.5) is 0 Å². The van der Waals surface area contributed by atoms with E-state index in [1.807, 2.05) is 23.1 Å². The van der Waals surface area contributed by atoms with Crippen LogP contribution in [-0.2, 0) is 11.3 Å². The van der Waals surface area contributed by atoms with Crippen molar-refractivity contribution in [1.29, 1.82) is 0 Å². The van der Waals surface area contributed by atoms with Gasteiger partial charge in [0.2, 0.25) is 5.91 Å². The van der Waals surface area contributed by atoms with Crippen LogP contribution in [0.25, 0.3) is 0 Å². The van der Waals surface area contributed by atoms with Crippen LogP contribution >= 0.6 is 12.4 Å². The summed E-state index contributed by atoms with van der Waals surface area (Å²) in [5.74, 6) is 1.21. The molecule has 1 N–H and O–H groups in total. The van der Waals surface area contributed by atoms with Crippen molar-refractivity contribution >= 4 is 18.3 Å². The third-order valence-electron chi connectivity index (χ3n) is 4.89. The van der Waals surface area contributed by atoms with Gasteiger partial charge in [-0.05, 0) is 56.5 Å². The van der Waals surface area contributed by atoms with Gasteiger partial charge in [-0.2, -0.15) is 0 Å². The van der Waals surface area contributed by atoms with Gasteiger partial charge in [0.15, 0.2) is 0 Å². The molecule has 1 aromatic rings. The van der Waals surface area contributed by atoms with Gasteiger partial charge >= 0.3 is 0 Å². The number of nitrogens with one attached hydrogen (secondary N) is 1. The molecule has 0 radical (unpaired) electrons. The topological polar surface area (TPSA) is 41.6 Å². The molecule has 5 heteroatoms. The number of rotatable bonds is 3. The lowest BCUT2D eigenvalue weighted by Gasteiger charge is -2.44. The van der Waals surface area contributed by atoms with Gasteiger partial charge in [-0.15, -0.1) is 12.4 Å². The molecule has 2 heterocycles. The van der Waals surface area contributed by atoms with Gasteiger partial charge in [-0.25, -0.2) is 0 Å². The molecule has 122 valence electrons. The highest BCUT2D eigenvalue weighted by Crippen LogP contribution is 2.39. The van der Waals surface area contributed by atoms with Crippen LogP contribution in [0.3, 0.4) is 0 Å². The minimum atomic E-state index is -0.0949. The third-order valence-corrected chi connectivity index (χ3v) is 4.89. The van der Waals surface area contributed by atoms with Crippen LogP contribution in [0.5, 0.6) is 5.75 Å². The Morgan fingerprint density at radius 2 is 2.05 bits per heavy atom. The molecular formula is C17H25ClN2O2. The predicted octanol–water partition coefficient (Wildman–Crippen LogP) is 2.61. The zero-order valence-electron chi connectivity index (χ0n) is 13.1. The molecule has 2 aliphatic heterocycles. The quantitative estimate of drug-likeness (QED) is 0.929. The fourth-order valence-electron chi connectivity index (χ4n) is 3.66. The van der Waals surface area contributed by atoms with Crippen molar-refractivity contribution in [3.05, 3.63) is 29.8 Å². The predicted molar refractivity (Wildman–Crippen MR) is 89.4 cm³/mol. The monoisotopic (exact) mass is 324 g/mol. The average Bonchev–Trinajstić information content (AvgIpc) is 2.53. The zero-order valence-corrected chi connectivity index (χ0v) is 14.0. The highest BCUT2D eigenvalue weighted by molar-refractivity contribution is 5.85. The molecule has 2 aliphatic rings. The van der Waals surface area contributed by atoms with E-state index in [9.17, 15) is 4.79 Å². The van der Waals surface area contributed by atoms with Crippen molar-refractivity contribution < 1.29 is 9.53 Å². The lowest BCUT2D eigenvalue weighted by Crippen LogP contribution is -2.52. The largest absolute Gasteiger partial charge is 0.497 e. The van der Waals surface area contributed by atoms with E-state index in [0.29, 0.717) is 12.5 Å². The molecule has 0 unspecified atom stereocenters. The second-order valence-electron chi connectivity index (χ2n) is 6.21. The number of hydrogen-bond donors (Lipinski definition) is 1. The number of methoxy groups -OCH3 is 1. The van der Waals surface area contributed by atoms with E-state index in [4.69, 9.17) is 4.74 Å². The SMILES string of the molecule is COc1cccc(CN2CCCC3(CCNCC3)C2=O)c1.Cl. The van der Waals surface area contributed by atoms with Crippen LogP contribution in [0.1, 0.15) is 31.2 Å². The second-order valence-corrected chi connectivity index (χ2v) is 6.21. The minimum Gasteiger partial charge on any atom is -0.497 e. The molecular weight excluding hydrogens is 300 g/mol. The molecule has 0 bridgehead atoms. The number of halogens is 1. The summed E-state index contributed by atoms with van der Waals surface area (Å²) in [5.41, 5.74) is 1.05. The van der Waals surface area contributed by atoms with Crippen LogP contribution in [0.15, 0.2) is 24.3 Å². The van der Waals surface area contributed by atoms with Crippen molar-refractivity contribution in [2.45, 2.75) is 32.2 Å². The first-order valence-corrected chi connectivity index (χ1v) is 7.87. The zero-order chi connectivity index (χ0) is 14.7. The highest BCUT2D eigenvalue weighted by atomic mass is 35.5. The van der Waals surface area contributed by atoms with Gasteiger partial charge in [0, 0.05) is 13.1 Å². The number of carbonyl (C=O) groups is 1. The van der Waals surface area contributed by atoms with Gasteiger partial charge in [0.1, 0.15) is 5.75 Å². The molecule has 0 saturated carbocycles. The maximum atomic E-state index is 12.9. The molecule has 0 atom stereocenters. The Morgan fingerprint density at radius 3 is 2.77 bits per heavy atom. The maximum absolute atomic E-state index is 12.9. The molecule has 2 saturated heterocycles. The average molecular weight is 325 g/mol. The molecule has 4 nitrogen and oxygen atoms in total. The van der Waals surface area contributed by atoms with Crippen molar-refractivity contribution in [2.24, 2.45) is 5.41 Å². The fourth-order valence-corrected chi connectivity index (χ4v) is 3.66. The minimum absolute atomic E-state index is 0. The number of piperidine rings is 2. The van der Waals surface area contributed by atoms with E-state index in [0.717, 1.165) is 56.6 Å². The number of benzene rings is 1. The lowest BCUT2D eigenvalue weighted by molar-refractivity contribution is -0.149. The summed E-state index contributed by atoms with van der Waals surface area (Å²) in [6, 6.07) is 8.02. The van der Waals surface area contributed by atoms with E-state index < -0.39 is 0 Å². The Balaban J connectivity index is 0.00000176. The van der Waals surface area contributed by atoms with E-state index >= 15 is 0 Å². The Kier molecular flexibility index (Phi) is 5.70. The molecule has 0 aromatic heterocycles. The summed E-state index contributed by atoms with van der Waals surface area (Å²) in [6.07, 6.45) is 4.15. The van der Waals surface area contributed by atoms with Gasteiger partial charge in [0.05, 0.1) is 12.5 Å². The second kappa shape index (κ2) is 7.34. The molecule has 22 heavy (non-hydrogen) atoms. The number of likely N-dealkylation sites (tertiary alicyclic amines) is 1. The van der Waals surface area contributed by atoms with Crippen LogP contribution < -0.4 is 10.1 Å². The number of carbonyl (C=O) groups excluding carboxylic acids is 1. The van der Waals surface area contributed by atoms with Crippen molar-refractivity contribution in [2.75, 3.05) is 26.7 Å². The summed E-state index contributed by atoms with van der Waals surface area (Å²) in [4.78, 5) is 15.0. The van der Waals surface area contributed by atoms with Crippen LogP contribution in [0, 0.1) is 5.41 Å². The summed E-state index contributed by atoms with van der Waals surface area (Å²) in [6.45, 7) is 3.52. The van der Waals surface area contributed by atoms with Crippen LogP contribution in [0.2, 0.25) is 0 Å². The van der Waals surface area contributed by atoms with Gasteiger partial charge in [-0.3, -0.25) is 4.79 Å². The first-order chi connectivity index (χ1) is 10.2. The number of nitrogens with zero attached hydrogens (tertiary/aromatic N) is 1. The van der Waals surface area contributed by atoms with Gasteiger partial charge in [-0.1, -0.05) is 12.1 Å². The number of ether oxygens (including phenoxy) is 1. The Morgan fingerprint density at radius 1 is 1.27 bits per heavy atom. The first kappa shape index (κ1) is 17.1. The maximum Gasteiger partial charge on any atom is 0.229 e. The number of hydrogen-bond acceptors (Lipinski definition) is 3. The van der Waals surface area contributed by atoms with Crippen molar-refractivity contribution in [3.63, 3.8) is 0 Å². The molecule has 3 rings (SSSR count). The highest BCUT2D eigenvalue weighted by Gasteiger charge is 2.44. The van der Waals surface area contributed by atoms with E-state index in [1.165, 1.54) is 0 Å². The third kappa shape index (κ3) is 3.39. The molecule has 0 aliphatic carbocycles. The smallest absolute Gasteiger partial charge is 0.229 e. The molecule has 2 fully saturated rings. The number of amides is 1. The van der Waals surface area contributed by atoms with E-state index in [-0.39, 0.29) is 17.8 Å². The summed E-state index contributed by atoms with van der Waals surface area (Å²) in [5, 5.41) is 3.37.